The molecule has 0 radical (unpaired) electrons. The minimum absolute atomic E-state index is 0. The van der Waals surface area contributed by atoms with Crippen LogP contribution in [0.25, 0.3) is 0 Å². The summed E-state index contributed by atoms with van der Waals surface area (Å²) in [5, 5.41) is 6.52. The zero-order valence-corrected chi connectivity index (χ0v) is 15.2. The molecule has 0 saturated carbocycles. The first-order valence-corrected chi connectivity index (χ1v) is 8.27. The second kappa shape index (κ2) is 9.78. The molecule has 5 heteroatoms. The van der Waals surface area contributed by atoms with Crippen LogP contribution in [0, 0.1) is 13.8 Å². The Bertz CT molecular complexity index is 508. The Morgan fingerprint density at radius 1 is 1.35 bits per heavy atom. The molecule has 0 aromatic heterocycles. The lowest BCUT2D eigenvalue weighted by molar-refractivity contribution is -0.122. The van der Waals surface area contributed by atoms with Gasteiger partial charge in [-0.05, 0) is 69.8 Å². The van der Waals surface area contributed by atoms with Gasteiger partial charge in [0.1, 0.15) is 5.75 Å². The molecule has 1 aliphatic heterocycles. The Morgan fingerprint density at radius 3 is 2.83 bits per heavy atom. The Kier molecular flexibility index (Phi) is 8.42. The van der Waals surface area contributed by atoms with Gasteiger partial charge in [0, 0.05) is 18.5 Å². The van der Waals surface area contributed by atoms with E-state index in [0.717, 1.165) is 31.6 Å². The van der Waals surface area contributed by atoms with Crippen molar-refractivity contribution in [1.82, 2.24) is 10.6 Å². The van der Waals surface area contributed by atoms with Crippen molar-refractivity contribution in [2.45, 2.75) is 58.5 Å². The highest BCUT2D eigenvalue weighted by Crippen LogP contribution is 2.16. The monoisotopic (exact) mass is 340 g/mol. The summed E-state index contributed by atoms with van der Waals surface area (Å²) in [5.41, 5.74) is 2.50. The third kappa shape index (κ3) is 6.80. The lowest BCUT2D eigenvalue weighted by atomic mass is 10.0. The van der Waals surface area contributed by atoms with Gasteiger partial charge in [-0.25, -0.2) is 0 Å². The van der Waals surface area contributed by atoms with Crippen molar-refractivity contribution in [3.8, 4) is 5.75 Å². The number of rotatable bonds is 6. The van der Waals surface area contributed by atoms with Gasteiger partial charge in [-0.2, -0.15) is 0 Å². The molecular formula is C18H29ClN2O2. The summed E-state index contributed by atoms with van der Waals surface area (Å²) in [5.74, 6) is 1.03. The van der Waals surface area contributed by atoms with Crippen molar-refractivity contribution in [2.75, 3.05) is 13.2 Å². The van der Waals surface area contributed by atoms with E-state index >= 15 is 0 Å². The smallest absolute Gasteiger partial charge is 0.220 e. The predicted molar refractivity (Wildman–Crippen MR) is 96.5 cm³/mol. The fourth-order valence-corrected chi connectivity index (χ4v) is 2.79. The van der Waals surface area contributed by atoms with Crippen molar-refractivity contribution in [3.63, 3.8) is 0 Å². The number of carbonyl (C=O) groups is 1. The highest BCUT2D eigenvalue weighted by Gasteiger charge is 2.19. The van der Waals surface area contributed by atoms with Gasteiger partial charge in [0.25, 0.3) is 0 Å². The van der Waals surface area contributed by atoms with Gasteiger partial charge in [0.15, 0.2) is 0 Å². The molecule has 1 aliphatic rings. The predicted octanol–water partition coefficient (Wildman–Crippen LogP) is 3.14. The van der Waals surface area contributed by atoms with Crippen LogP contribution in [0.1, 0.15) is 43.7 Å². The van der Waals surface area contributed by atoms with Crippen molar-refractivity contribution in [3.05, 3.63) is 29.3 Å². The molecule has 1 heterocycles. The van der Waals surface area contributed by atoms with E-state index in [1.165, 1.54) is 11.1 Å². The molecule has 2 unspecified atom stereocenters. The number of aryl methyl sites for hydroxylation is 2. The first-order valence-electron chi connectivity index (χ1n) is 8.27. The van der Waals surface area contributed by atoms with Crippen LogP contribution in [0.4, 0.5) is 0 Å². The summed E-state index contributed by atoms with van der Waals surface area (Å²) in [7, 11) is 0. The zero-order valence-electron chi connectivity index (χ0n) is 14.4. The maximum atomic E-state index is 11.9. The molecule has 2 rings (SSSR count). The van der Waals surface area contributed by atoms with Crippen molar-refractivity contribution >= 4 is 18.3 Å². The molecule has 1 aromatic carbocycles. The minimum atomic E-state index is 0. The highest BCUT2D eigenvalue weighted by molar-refractivity contribution is 5.85. The largest absolute Gasteiger partial charge is 0.494 e. The Balaban J connectivity index is 0.00000264. The third-order valence-corrected chi connectivity index (χ3v) is 4.28. The molecule has 130 valence electrons. The molecule has 1 saturated heterocycles. The molecule has 0 spiro atoms. The molecule has 1 fully saturated rings. The number of piperidine rings is 1. The lowest BCUT2D eigenvalue weighted by Gasteiger charge is -2.28. The average Bonchev–Trinajstić information content (AvgIpc) is 2.47. The maximum Gasteiger partial charge on any atom is 0.220 e. The summed E-state index contributed by atoms with van der Waals surface area (Å²) < 4.78 is 5.71. The number of hydrogen-bond donors (Lipinski definition) is 2. The topological polar surface area (TPSA) is 50.4 Å². The van der Waals surface area contributed by atoms with Gasteiger partial charge in [-0.15, -0.1) is 12.4 Å². The molecule has 0 bridgehead atoms. The number of halogens is 1. The van der Waals surface area contributed by atoms with E-state index in [-0.39, 0.29) is 18.3 Å². The van der Waals surface area contributed by atoms with E-state index in [9.17, 15) is 4.79 Å². The van der Waals surface area contributed by atoms with E-state index < -0.39 is 0 Å². The van der Waals surface area contributed by atoms with E-state index in [1.807, 2.05) is 12.1 Å². The molecule has 1 amide bonds. The van der Waals surface area contributed by atoms with Gasteiger partial charge < -0.3 is 15.4 Å². The lowest BCUT2D eigenvalue weighted by Crippen LogP contribution is -2.46. The molecule has 2 N–H and O–H groups in total. The standard InChI is InChI=1S/C18H28N2O2.ClH/c1-13-6-7-17(11-14(13)2)22-10-4-5-18(21)20-16-8-9-19-15(3)12-16;/h6-7,11,15-16,19H,4-5,8-10,12H2,1-3H3,(H,20,21);1H. The van der Waals surface area contributed by atoms with Gasteiger partial charge in [-0.3, -0.25) is 4.79 Å². The number of carbonyl (C=O) groups excluding carboxylic acids is 1. The summed E-state index contributed by atoms with van der Waals surface area (Å²) in [6, 6.07) is 6.91. The fourth-order valence-electron chi connectivity index (χ4n) is 2.79. The summed E-state index contributed by atoms with van der Waals surface area (Å²) in [6.07, 6.45) is 3.32. The zero-order chi connectivity index (χ0) is 15.9. The average molecular weight is 341 g/mol. The van der Waals surface area contributed by atoms with Gasteiger partial charge in [-0.1, -0.05) is 6.07 Å². The van der Waals surface area contributed by atoms with E-state index in [0.29, 0.717) is 25.1 Å². The van der Waals surface area contributed by atoms with E-state index in [1.54, 1.807) is 0 Å². The molecule has 23 heavy (non-hydrogen) atoms. The second-order valence-corrected chi connectivity index (χ2v) is 6.34. The number of ether oxygens (including phenoxy) is 1. The minimum Gasteiger partial charge on any atom is -0.494 e. The van der Waals surface area contributed by atoms with Crippen LogP contribution in [-0.2, 0) is 4.79 Å². The molecule has 1 aromatic rings. The van der Waals surface area contributed by atoms with Gasteiger partial charge in [0.2, 0.25) is 5.91 Å². The molecule has 4 nitrogen and oxygen atoms in total. The fraction of sp³-hybridized carbons (Fsp3) is 0.611. The van der Waals surface area contributed by atoms with Crippen LogP contribution in [0.3, 0.4) is 0 Å². The Labute approximate surface area is 145 Å². The third-order valence-electron chi connectivity index (χ3n) is 4.28. The highest BCUT2D eigenvalue weighted by atomic mass is 35.5. The van der Waals surface area contributed by atoms with Crippen LogP contribution >= 0.6 is 12.4 Å². The van der Waals surface area contributed by atoms with Crippen molar-refractivity contribution < 1.29 is 9.53 Å². The van der Waals surface area contributed by atoms with Crippen LogP contribution in [-0.4, -0.2) is 31.1 Å². The maximum absolute atomic E-state index is 11.9. The quantitative estimate of drug-likeness (QED) is 0.782. The number of nitrogens with one attached hydrogen (secondary N) is 2. The van der Waals surface area contributed by atoms with E-state index in [4.69, 9.17) is 4.74 Å². The normalized spacial score (nSPS) is 20.5. The van der Waals surface area contributed by atoms with Crippen LogP contribution < -0.4 is 15.4 Å². The second-order valence-electron chi connectivity index (χ2n) is 6.34. The molecule has 0 aliphatic carbocycles. The number of hydrogen-bond acceptors (Lipinski definition) is 3. The Hall–Kier alpha value is -1.26. The summed E-state index contributed by atoms with van der Waals surface area (Å²) in [4.78, 5) is 11.9. The van der Waals surface area contributed by atoms with Crippen molar-refractivity contribution in [2.24, 2.45) is 0 Å². The first-order chi connectivity index (χ1) is 10.5. The van der Waals surface area contributed by atoms with E-state index in [2.05, 4.69) is 37.5 Å². The van der Waals surface area contributed by atoms with Crippen LogP contribution in [0.2, 0.25) is 0 Å². The van der Waals surface area contributed by atoms with Gasteiger partial charge in [0.05, 0.1) is 6.61 Å². The SMILES string of the molecule is Cc1ccc(OCCCC(=O)NC2CCNC(C)C2)cc1C.Cl. The first kappa shape index (κ1) is 19.8. The Morgan fingerprint density at radius 2 is 2.13 bits per heavy atom. The summed E-state index contributed by atoms with van der Waals surface area (Å²) in [6.45, 7) is 7.90. The molecule has 2 atom stereocenters. The number of amides is 1. The van der Waals surface area contributed by atoms with Crippen LogP contribution in [0.5, 0.6) is 5.75 Å². The number of benzene rings is 1. The van der Waals surface area contributed by atoms with Crippen molar-refractivity contribution in [1.29, 1.82) is 0 Å². The van der Waals surface area contributed by atoms with Gasteiger partial charge >= 0.3 is 0 Å². The summed E-state index contributed by atoms with van der Waals surface area (Å²) >= 11 is 0. The van der Waals surface area contributed by atoms with Crippen LogP contribution in [0.15, 0.2) is 18.2 Å². The molecular weight excluding hydrogens is 312 g/mol.